The van der Waals surface area contributed by atoms with E-state index < -0.39 is 33.8 Å². The molecule has 0 aromatic heterocycles. The summed E-state index contributed by atoms with van der Waals surface area (Å²) in [7, 11) is 0. The van der Waals surface area contributed by atoms with E-state index in [1.165, 1.54) is 0 Å². The maximum atomic E-state index is 13.4. The van der Waals surface area contributed by atoms with Crippen molar-refractivity contribution in [2.75, 3.05) is 0 Å². The second-order valence-corrected chi connectivity index (χ2v) is 4.78. The Balaban J connectivity index is 2.65. The minimum atomic E-state index is -4.12. The molecule has 7 heteroatoms. The Labute approximate surface area is 97.6 Å². The molecule has 0 saturated carbocycles. The lowest BCUT2D eigenvalue weighted by molar-refractivity contribution is 0.0818. The lowest BCUT2D eigenvalue weighted by Gasteiger charge is -2.23. The summed E-state index contributed by atoms with van der Waals surface area (Å²) in [6, 6.07) is 1.51. The predicted molar refractivity (Wildman–Crippen MR) is 52.5 cm³/mol. The molecule has 2 atom stereocenters. The molecule has 1 aromatic carbocycles. The van der Waals surface area contributed by atoms with Gasteiger partial charge in [-0.15, -0.1) is 0 Å². The molecule has 0 heterocycles. The molecule has 0 saturated heterocycles. The molecule has 1 aromatic rings. The van der Waals surface area contributed by atoms with Gasteiger partial charge in [0.1, 0.15) is 5.82 Å². The van der Waals surface area contributed by atoms with Crippen molar-refractivity contribution in [1.29, 1.82) is 0 Å². The molecule has 0 fully saturated rings. The molecular weight excluding hydrogens is 257 g/mol. The first kappa shape index (κ1) is 12.5. The fraction of sp³-hybridized carbons (Fsp3) is 0.400. The molecule has 1 aliphatic rings. The van der Waals surface area contributed by atoms with E-state index in [-0.39, 0.29) is 24.0 Å². The molecule has 17 heavy (non-hydrogen) atoms. The van der Waals surface area contributed by atoms with Gasteiger partial charge in [0.2, 0.25) is 0 Å². The number of aliphatic hydroxyl groups excluding tert-OH is 1. The third kappa shape index (κ3) is 1.88. The average Bonchev–Trinajstić information content (AvgIpc) is 2.62. The summed E-state index contributed by atoms with van der Waals surface area (Å²) in [5.41, 5.74) is -1.16. The van der Waals surface area contributed by atoms with Gasteiger partial charge in [0, 0.05) is 16.6 Å². The van der Waals surface area contributed by atoms with E-state index in [9.17, 15) is 27.0 Å². The molecule has 0 bridgehead atoms. The summed E-state index contributed by atoms with van der Waals surface area (Å²) in [5.74, 6) is -0.701. The standard InChI is InChI=1S/C10H9F3O3S/c11-7-3-2-6(10(12,13)17(15)16)9-5(7)1-4-8(9)14/h2-3,8,14H,1,4H2,(H,15,16)/p-1/t8-/m1/s1. The predicted octanol–water partition coefficient (Wildman–Crippen LogP) is 1.73. The van der Waals surface area contributed by atoms with Crippen LogP contribution >= 0.6 is 0 Å². The van der Waals surface area contributed by atoms with Crippen LogP contribution in [0, 0.1) is 5.82 Å². The Morgan fingerprint density at radius 2 is 2.12 bits per heavy atom. The highest BCUT2D eigenvalue weighted by Crippen LogP contribution is 2.42. The molecule has 0 aliphatic heterocycles. The second-order valence-electron chi connectivity index (χ2n) is 3.79. The van der Waals surface area contributed by atoms with Crippen molar-refractivity contribution in [2.24, 2.45) is 0 Å². The van der Waals surface area contributed by atoms with Crippen LogP contribution in [0.4, 0.5) is 13.2 Å². The van der Waals surface area contributed by atoms with Crippen LogP contribution in [0.3, 0.4) is 0 Å². The van der Waals surface area contributed by atoms with E-state index in [4.69, 9.17) is 0 Å². The van der Waals surface area contributed by atoms with Crippen LogP contribution in [0.1, 0.15) is 29.2 Å². The van der Waals surface area contributed by atoms with Gasteiger partial charge >= 0.3 is 5.25 Å². The van der Waals surface area contributed by atoms with Crippen molar-refractivity contribution in [3.63, 3.8) is 0 Å². The number of halogens is 3. The first-order valence-electron chi connectivity index (χ1n) is 4.82. The first-order valence-corrected chi connectivity index (χ1v) is 5.90. The van der Waals surface area contributed by atoms with Crippen molar-refractivity contribution in [2.45, 2.75) is 24.2 Å². The van der Waals surface area contributed by atoms with Crippen LogP contribution in [0.5, 0.6) is 0 Å². The van der Waals surface area contributed by atoms with Crippen LogP contribution < -0.4 is 0 Å². The van der Waals surface area contributed by atoms with Gasteiger partial charge in [0.15, 0.2) is 0 Å². The van der Waals surface area contributed by atoms with Crippen LogP contribution in [-0.4, -0.2) is 13.9 Å². The number of alkyl halides is 2. The summed E-state index contributed by atoms with van der Waals surface area (Å²) in [6.07, 6.45) is -1.01. The van der Waals surface area contributed by atoms with Gasteiger partial charge in [-0.25, -0.2) is 4.39 Å². The molecular formula is C10H8F3O3S-. The van der Waals surface area contributed by atoms with Crippen LogP contribution in [0.15, 0.2) is 12.1 Å². The number of fused-ring (bicyclic) bond motifs is 1. The molecule has 0 spiro atoms. The third-order valence-electron chi connectivity index (χ3n) is 2.82. The van der Waals surface area contributed by atoms with E-state index in [0.717, 1.165) is 6.07 Å². The van der Waals surface area contributed by atoms with Gasteiger partial charge in [0.25, 0.3) is 0 Å². The Bertz CT molecular complexity index is 490. The van der Waals surface area contributed by atoms with Crippen molar-refractivity contribution >= 4 is 11.1 Å². The fourth-order valence-electron chi connectivity index (χ4n) is 2.04. The molecule has 0 radical (unpaired) electrons. The average molecular weight is 265 g/mol. The highest BCUT2D eigenvalue weighted by molar-refractivity contribution is 7.79. The number of benzene rings is 1. The Morgan fingerprint density at radius 1 is 1.47 bits per heavy atom. The number of hydrogen-bond acceptors (Lipinski definition) is 3. The summed E-state index contributed by atoms with van der Waals surface area (Å²) in [6.45, 7) is 0. The highest BCUT2D eigenvalue weighted by atomic mass is 32.2. The van der Waals surface area contributed by atoms with E-state index in [1.807, 2.05) is 0 Å². The van der Waals surface area contributed by atoms with E-state index in [0.29, 0.717) is 6.07 Å². The maximum Gasteiger partial charge on any atom is 0.334 e. The Kier molecular flexibility index (Phi) is 3.01. The van der Waals surface area contributed by atoms with Crippen molar-refractivity contribution in [1.82, 2.24) is 0 Å². The normalized spacial score (nSPS) is 21.4. The Hall–Kier alpha value is -0.920. The summed E-state index contributed by atoms with van der Waals surface area (Å²) >= 11 is -3.66. The zero-order chi connectivity index (χ0) is 12.8. The van der Waals surface area contributed by atoms with Crippen LogP contribution in [-0.2, 0) is 22.8 Å². The van der Waals surface area contributed by atoms with Crippen LogP contribution in [0.25, 0.3) is 0 Å². The lowest BCUT2D eigenvalue weighted by atomic mass is 10.0. The van der Waals surface area contributed by atoms with Gasteiger partial charge in [0.05, 0.1) is 6.10 Å². The van der Waals surface area contributed by atoms with E-state index in [1.54, 1.807) is 0 Å². The van der Waals surface area contributed by atoms with E-state index >= 15 is 0 Å². The monoisotopic (exact) mass is 265 g/mol. The van der Waals surface area contributed by atoms with Crippen molar-refractivity contribution < 1.29 is 27.0 Å². The molecule has 1 unspecified atom stereocenters. The molecule has 2 rings (SSSR count). The summed E-state index contributed by atoms with van der Waals surface area (Å²) < 4.78 is 61.1. The highest BCUT2D eigenvalue weighted by Gasteiger charge is 2.40. The molecule has 1 aliphatic carbocycles. The van der Waals surface area contributed by atoms with Gasteiger partial charge < -0.3 is 9.66 Å². The Morgan fingerprint density at radius 3 is 2.71 bits per heavy atom. The lowest BCUT2D eigenvalue weighted by Crippen LogP contribution is -2.22. The van der Waals surface area contributed by atoms with Gasteiger partial charge in [-0.05, 0) is 36.1 Å². The zero-order valence-electron chi connectivity index (χ0n) is 8.45. The first-order chi connectivity index (χ1) is 7.85. The summed E-state index contributed by atoms with van der Waals surface area (Å²) in [5, 5.41) is 5.41. The summed E-state index contributed by atoms with van der Waals surface area (Å²) in [4.78, 5) is 0. The second kappa shape index (κ2) is 4.08. The molecule has 3 nitrogen and oxygen atoms in total. The van der Waals surface area contributed by atoms with Crippen molar-refractivity contribution in [3.05, 3.63) is 34.6 Å². The minimum Gasteiger partial charge on any atom is -0.768 e. The van der Waals surface area contributed by atoms with Gasteiger partial charge in [-0.2, -0.15) is 8.78 Å². The molecule has 1 N–H and O–H groups in total. The van der Waals surface area contributed by atoms with Gasteiger partial charge in [-0.3, -0.25) is 4.21 Å². The van der Waals surface area contributed by atoms with Gasteiger partial charge in [-0.1, -0.05) is 0 Å². The number of aliphatic hydroxyl groups is 1. The fourth-order valence-corrected chi connectivity index (χ4v) is 2.40. The zero-order valence-corrected chi connectivity index (χ0v) is 9.27. The molecule has 94 valence electrons. The molecule has 0 amide bonds. The number of rotatable bonds is 2. The SMILES string of the molecule is O=S([O-])C(F)(F)c1ccc(F)c2c1[C@H](O)CC2. The number of hydrogen-bond donors (Lipinski definition) is 1. The van der Waals surface area contributed by atoms with Crippen LogP contribution in [0.2, 0.25) is 0 Å². The quantitative estimate of drug-likeness (QED) is 0.828. The van der Waals surface area contributed by atoms with E-state index in [2.05, 4.69) is 0 Å². The largest absolute Gasteiger partial charge is 0.768 e. The topological polar surface area (TPSA) is 60.4 Å². The smallest absolute Gasteiger partial charge is 0.334 e. The maximum absolute atomic E-state index is 13.4. The third-order valence-corrected chi connectivity index (χ3v) is 3.46. The minimum absolute atomic E-state index is 0.0277. The van der Waals surface area contributed by atoms with Crippen molar-refractivity contribution in [3.8, 4) is 0 Å².